The number of hydrogen-bond acceptors (Lipinski definition) is 6. The molecule has 0 heterocycles. The van der Waals surface area contributed by atoms with Gasteiger partial charge in [-0.05, 0) is 65.4 Å². The van der Waals surface area contributed by atoms with Crippen LogP contribution in [-0.4, -0.2) is 27.2 Å². The number of hydrogen-bond donors (Lipinski definition) is 2. The molecule has 2 N–H and O–H groups in total. The monoisotopic (exact) mass is 542 g/mol. The Balaban J connectivity index is 1.89. The second-order valence-electron chi connectivity index (χ2n) is 8.69. The summed E-state index contributed by atoms with van der Waals surface area (Å²) in [5, 5.41) is 7.25. The van der Waals surface area contributed by atoms with E-state index in [2.05, 4.69) is 10.6 Å². The molecule has 0 aliphatic heterocycles. The van der Waals surface area contributed by atoms with E-state index in [1.165, 1.54) is 6.92 Å². The summed E-state index contributed by atoms with van der Waals surface area (Å²) < 4.78 is 17.0. The summed E-state index contributed by atoms with van der Waals surface area (Å²) >= 11 is 12.3. The highest BCUT2D eigenvalue weighted by Crippen LogP contribution is 2.50. The number of amides is 1. The fourth-order valence-corrected chi connectivity index (χ4v) is 5.18. The van der Waals surface area contributed by atoms with Crippen molar-refractivity contribution in [1.82, 2.24) is 5.32 Å². The van der Waals surface area contributed by atoms with E-state index >= 15 is 0 Å². The normalized spacial score (nSPS) is 14.1. The van der Waals surface area contributed by atoms with Crippen molar-refractivity contribution in [3.8, 4) is 28.4 Å². The molecular formula is C28H28Cl2N2O5. The number of methoxy groups -OCH3 is 3. The van der Waals surface area contributed by atoms with Gasteiger partial charge in [0.25, 0.3) is 0 Å². The Hall–Kier alpha value is -3.42. The molecule has 0 unspecified atom stereocenters. The Morgan fingerprint density at radius 1 is 1.00 bits per heavy atom. The quantitative estimate of drug-likeness (QED) is 0.393. The van der Waals surface area contributed by atoms with Crippen LogP contribution in [0.15, 0.2) is 47.3 Å². The van der Waals surface area contributed by atoms with Crippen LogP contribution in [0.3, 0.4) is 0 Å². The number of aryl methyl sites for hydroxylation is 1. The molecular weight excluding hydrogens is 515 g/mol. The largest absolute Gasteiger partial charge is 0.493 e. The maximum atomic E-state index is 13.4. The Bertz CT molecular complexity index is 1410. The topological polar surface area (TPSA) is 85.9 Å². The van der Waals surface area contributed by atoms with Crippen molar-refractivity contribution >= 4 is 34.8 Å². The molecule has 0 radical (unpaired) electrons. The number of nitrogens with one attached hydrogen (secondary N) is 2. The molecule has 9 heteroatoms. The van der Waals surface area contributed by atoms with Crippen LogP contribution in [0.1, 0.15) is 36.1 Å². The van der Waals surface area contributed by atoms with Gasteiger partial charge in [0, 0.05) is 29.1 Å². The molecule has 1 aliphatic rings. The second kappa shape index (κ2) is 11.3. The first-order valence-electron chi connectivity index (χ1n) is 11.7. The lowest BCUT2D eigenvalue weighted by Gasteiger charge is -2.19. The third-order valence-corrected chi connectivity index (χ3v) is 6.99. The highest BCUT2D eigenvalue weighted by atomic mass is 35.5. The van der Waals surface area contributed by atoms with E-state index in [1.54, 1.807) is 45.6 Å². The van der Waals surface area contributed by atoms with E-state index in [1.807, 2.05) is 18.2 Å². The molecule has 1 amide bonds. The molecule has 0 saturated heterocycles. The number of ether oxygens (including phenoxy) is 3. The lowest BCUT2D eigenvalue weighted by Crippen LogP contribution is -2.26. The van der Waals surface area contributed by atoms with Gasteiger partial charge in [-0.3, -0.25) is 9.59 Å². The van der Waals surface area contributed by atoms with Crippen LogP contribution in [0.2, 0.25) is 10.0 Å². The molecule has 0 fully saturated rings. The van der Waals surface area contributed by atoms with Gasteiger partial charge in [0.05, 0.1) is 33.1 Å². The molecule has 7 nitrogen and oxygen atoms in total. The van der Waals surface area contributed by atoms with Gasteiger partial charge >= 0.3 is 0 Å². The van der Waals surface area contributed by atoms with Crippen molar-refractivity contribution in [2.24, 2.45) is 0 Å². The van der Waals surface area contributed by atoms with E-state index < -0.39 is 0 Å². The lowest BCUT2D eigenvalue weighted by molar-refractivity contribution is -0.119. The Morgan fingerprint density at radius 3 is 2.41 bits per heavy atom. The molecule has 3 aromatic rings. The summed E-state index contributed by atoms with van der Waals surface area (Å²) in [7, 11) is 4.69. The van der Waals surface area contributed by atoms with Crippen LogP contribution in [0.5, 0.6) is 17.2 Å². The maximum absolute atomic E-state index is 13.4. The molecule has 37 heavy (non-hydrogen) atoms. The summed E-state index contributed by atoms with van der Waals surface area (Å²) in [4.78, 5) is 25.5. The number of carbonyl (C=O) groups excluding carboxylic acids is 1. The zero-order valence-electron chi connectivity index (χ0n) is 21.0. The molecule has 0 saturated carbocycles. The lowest BCUT2D eigenvalue weighted by atomic mass is 9.95. The van der Waals surface area contributed by atoms with Crippen LogP contribution >= 0.6 is 23.2 Å². The SMILES string of the molecule is COc1cc2c(c(OC)c1OC)-c1ccc(NCc3ccc(Cl)cc3Cl)c(=O)cc1[C@H](NC(C)=O)CC2. The van der Waals surface area contributed by atoms with Gasteiger partial charge in [0.1, 0.15) is 0 Å². The second-order valence-corrected chi connectivity index (χ2v) is 9.53. The number of fused-ring (bicyclic) bond motifs is 3. The summed E-state index contributed by atoms with van der Waals surface area (Å²) in [6, 6.07) is 12.0. The minimum Gasteiger partial charge on any atom is -0.493 e. The van der Waals surface area contributed by atoms with E-state index in [4.69, 9.17) is 37.4 Å². The van der Waals surface area contributed by atoms with Crippen LogP contribution in [0.4, 0.5) is 5.69 Å². The number of halogens is 2. The maximum Gasteiger partial charge on any atom is 0.217 e. The van der Waals surface area contributed by atoms with Crippen LogP contribution in [-0.2, 0) is 17.8 Å². The number of anilines is 1. The van der Waals surface area contributed by atoms with Crippen molar-refractivity contribution in [1.29, 1.82) is 0 Å². The standard InChI is InChI=1S/C28H28Cl2N2O5/c1-15(33)32-22-9-6-16-11-25(35-2)27(36-3)28(37-4)26(16)19-8-10-23(24(34)13-20(19)22)31-14-17-5-7-18(29)12-21(17)30/h5,7-8,10-13,22H,6,9,14H2,1-4H3,(H,31,34)(H,32,33)/t22-/m1/s1. The van der Waals surface area contributed by atoms with Crippen molar-refractivity contribution in [2.45, 2.75) is 32.4 Å². The first-order chi connectivity index (χ1) is 17.8. The third-order valence-electron chi connectivity index (χ3n) is 6.40. The first-order valence-corrected chi connectivity index (χ1v) is 12.5. The van der Waals surface area contributed by atoms with Crippen LogP contribution in [0.25, 0.3) is 11.1 Å². The van der Waals surface area contributed by atoms with E-state index in [0.29, 0.717) is 57.9 Å². The molecule has 0 spiro atoms. The molecule has 194 valence electrons. The van der Waals surface area contributed by atoms with E-state index in [9.17, 15) is 9.59 Å². The van der Waals surface area contributed by atoms with E-state index in [0.717, 1.165) is 22.3 Å². The first kappa shape index (κ1) is 26.6. The van der Waals surface area contributed by atoms with Gasteiger partial charge in [0.15, 0.2) is 11.5 Å². The third kappa shape index (κ3) is 5.48. The van der Waals surface area contributed by atoms with Gasteiger partial charge < -0.3 is 24.8 Å². The molecule has 0 bridgehead atoms. The van der Waals surface area contributed by atoms with Crippen molar-refractivity contribution in [2.75, 3.05) is 26.6 Å². The highest BCUT2D eigenvalue weighted by molar-refractivity contribution is 6.35. The van der Waals surface area contributed by atoms with Crippen LogP contribution in [0, 0.1) is 0 Å². The minimum absolute atomic E-state index is 0.182. The Morgan fingerprint density at radius 2 is 1.76 bits per heavy atom. The number of carbonyl (C=O) groups is 1. The van der Waals surface area contributed by atoms with Gasteiger partial charge in [-0.15, -0.1) is 0 Å². The van der Waals surface area contributed by atoms with Gasteiger partial charge in [-0.1, -0.05) is 35.3 Å². The number of rotatable bonds is 7. The fourth-order valence-electron chi connectivity index (χ4n) is 4.71. The Labute approximate surface area is 225 Å². The molecule has 4 rings (SSSR count). The molecule has 1 aliphatic carbocycles. The minimum atomic E-state index is -0.375. The van der Waals surface area contributed by atoms with Crippen molar-refractivity contribution < 1.29 is 19.0 Å². The van der Waals surface area contributed by atoms with Crippen molar-refractivity contribution in [3.63, 3.8) is 0 Å². The predicted octanol–water partition coefficient (Wildman–Crippen LogP) is 5.78. The van der Waals surface area contributed by atoms with Gasteiger partial charge in [-0.2, -0.15) is 0 Å². The van der Waals surface area contributed by atoms with E-state index in [-0.39, 0.29) is 17.4 Å². The smallest absolute Gasteiger partial charge is 0.217 e. The van der Waals surface area contributed by atoms with Gasteiger partial charge in [-0.25, -0.2) is 0 Å². The molecule has 1 atom stereocenters. The highest BCUT2D eigenvalue weighted by Gasteiger charge is 2.29. The van der Waals surface area contributed by atoms with Crippen molar-refractivity contribution in [3.05, 3.63) is 79.4 Å². The average molecular weight is 543 g/mol. The summed E-state index contributed by atoms with van der Waals surface area (Å²) in [6.07, 6.45) is 1.22. The summed E-state index contributed by atoms with van der Waals surface area (Å²) in [5.74, 6) is 1.32. The predicted molar refractivity (Wildman–Crippen MR) is 146 cm³/mol. The average Bonchev–Trinajstić information content (AvgIpc) is 3.11. The Kier molecular flexibility index (Phi) is 8.15. The van der Waals surface area contributed by atoms with Gasteiger partial charge in [0.2, 0.25) is 17.1 Å². The number of benzene rings is 2. The zero-order valence-corrected chi connectivity index (χ0v) is 22.5. The zero-order chi connectivity index (χ0) is 26.7. The fraction of sp³-hybridized carbons (Fsp3) is 0.286. The summed E-state index contributed by atoms with van der Waals surface area (Å²) in [6.45, 7) is 1.80. The summed E-state index contributed by atoms with van der Waals surface area (Å²) in [5.41, 5.74) is 4.19. The van der Waals surface area contributed by atoms with Crippen LogP contribution < -0.4 is 30.3 Å². The molecule has 3 aromatic carbocycles. The molecule has 0 aromatic heterocycles.